The minimum absolute atomic E-state index is 0.0181. The summed E-state index contributed by atoms with van der Waals surface area (Å²) in [7, 11) is 0. The normalized spacial score (nSPS) is 16.1. The van der Waals surface area contributed by atoms with Crippen molar-refractivity contribution in [3.05, 3.63) is 28.7 Å². The molecule has 0 aromatic carbocycles. The smallest absolute Gasteiger partial charge is 0.222 e. The molecule has 2 heterocycles. The number of likely N-dealkylation sites (tertiary alicyclic amines) is 1. The summed E-state index contributed by atoms with van der Waals surface area (Å²) in [5, 5.41) is 2.87. The van der Waals surface area contributed by atoms with Crippen LogP contribution in [0.1, 0.15) is 54.0 Å². The molecule has 1 aliphatic rings. The number of hydrogen-bond acceptors (Lipinski definition) is 4. The number of thiazole rings is 1. The van der Waals surface area contributed by atoms with E-state index in [0.717, 1.165) is 37.4 Å². The van der Waals surface area contributed by atoms with Crippen molar-refractivity contribution in [2.24, 2.45) is 0 Å². The first kappa shape index (κ1) is 14.9. The van der Waals surface area contributed by atoms with Gasteiger partial charge in [-0.1, -0.05) is 6.08 Å². The Hall–Kier alpha value is -1.49. The Morgan fingerprint density at radius 1 is 1.50 bits per heavy atom. The molecule has 0 radical (unpaired) electrons. The van der Waals surface area contributed by atoms with Gasteiger partial charge in [0.05, 0.1) is 5.01 Å². The maximum atomic E-state index is 11.9. The number of piperidine rings is 1. The molecule has 0 unspecified atom stereocenters. The van der Waals surface area contributed by atoms with Crippen LogP contribution >= 0.6 is 11.3 Å². The van der Waals surface area contributed by atoms with Crippen LogP contribution in [-0.4, -0.2) is 34.7 Å². The van der Waals surface area contributed by atoms with Crippen molar-refractivity contribution in [1.29, 1.82) is 0 Å². The minimum Gasteiger partial charge on any atom is -0.343 e. The van der Waals surface area contributed by atoms with Crippen molar-refractivity contribution in [3.63, 3.8) is 0 Å². The molecule has 0 aliphatic carbocycles. The van der Waals surface area contributed by atoms with Crippen LogP contribution in [0.3, 0.4) is 0 Å². The number of rotatable bonds is 5. The lowest BCUT2D eigenvalue weighted by Crippen LogP contribution is -2.37. The first-order valence-electron chi connectivity index (χ1n) is 6.97. The summed E-state index contributed by atoms with van der Waals surface area (Å²) in [6.45, 7) is 6.76. The molecule has 4 nitrogen and oxygen atoms in total. The highest BCUT2D eigenvalue weighted by atomic mass is 32.1. The monoisotopic (exact) mass is 292 g/mol. The average molecular weight is 292 g/mol. The molecule has 0 saturated carbocycles. The van der Waals surface area contributed by atoms with Crippen LogP contribution in [0.5, 0.6) is 0 Å². The average Bonchev–Trinajstić information content (AvgIpc) is 2.95. The van der Waals surface area contributed by atoms with E-state index in [4.69, 9.17) is 0 Å². The fourth-order valence-electron chi connectivity index (χ4n) is 2.40. The van der Waals surface area contributed by atoms with Crippen molar-refractivity contribution < 1.29 is 9.59 Å². The molecule has 0 spiro atoms. The van der Waals surface area contributed by atoms with Gasteiger partial charge in [-0.05, 0) is 19.3 Å². The van der Waals surface area contributed by atoms with Crippen LogP contribution in [0.4, 0.5) is 0 Å². The Labute approximate surface area is 123 Å². The quantitative estimate of drug-likeness (QED) is 0.619. The second kappa shape index (κ2) is 6.79. The number of carbonyl (C=O) groups is 2. The van der Waals surface area contributed by atoms with Gasteiger partial charge in [0.15, 0.2) is 5.78 Å². The Morgan fingerprint density at radius 3 is 2.75 bits per heavy atom. The first-order chi connectivity index (χ1) is 9.61. The number of allylic oxidation sites excluding steroid dienone is 1. The van der Waals surface area contributed by atoms with Gasteiger partial charge in [0, 0.05) is 37.7 Å². The van der Waals surface area contributed by atoms with Crippen LogP contribution in [-0.2, 0) is 4.79 Å². The molecule has 1 fully saturated rings. The molecule has 0 bridgehead atoms. The van der Waals surface area contributed by atoms with E-state index in [1.54, 1.807) is 24.3 Å². The third-order valence-electron chi connectivity index (χ3n) is 3.64. The van der Waals surface area contributed by atoms with Crippen molar-refractivity contribution in [2.75, 3.05) is 13.1 Å². The van der Waals surface area contributed by atoms with Gasteiger partial charge in [0.1, 0.15) is 5.69 Å². The number of amides is 1. The Morgan fingerprint density at radius 2 is 2.20 bits per heavy atom. The third-order valence-corrected chi connectivity index (χ3v) is 4.65. The van der Waals surface area contributed by atoms with E-state index in [1.807, 2.05) is 10.3 Å². The van der Waals surface area contributed by atoms with Gasteiger partial charge in [-0.2, -0.15) is 0 Å². The van der Waals surface area contributed by atoms with Gasteiger partial charge in [0.25, 0.3) is 0 Å². The molecule has 0 atom stereocenters. The van der Waals surface area contributed by atoms with E-state index in [9.17, 15) is 9.59 Å². The summed E-state index contributed by atoms with van der Waals surface area (Å²) >= 11 is 1.56. The second-order valence-corrected chi connectivity index (χ2v) is 6.00. The van der Waals surface area contributed by atoms with Gasteiger partial charge in [-0.25, -0.2) is 4.98 Å². The summed E-state index contributed by atoms with van der Waals surface area (Å²) in [6.07, 6.45) is 4.95. The number of aromatic nitrogens is 1. The third kappa shape index (κ3) is 3.54. The van der Waals surface area contributed by atoms with E-state index >= 15 is 0 Å². The molecule has 20 heavy (non-hydrogen) atoms. The molecule has 1 aromatic heterocycles. The molecular weight excluding hydrogens is 272 g/mol. The maximum absolute atomic E-state index is 11.9. The fraction of sp³-hybridized carbons (Fsp3) is 0.533. The van der Waals surface area contributed by atoms with Crippen molar-refractivity contribution in [2.45, 2.75) is 38.5 Å². The van der Waals surface area contributed by atoms with E-state index in [2.05, 4.69) is 11.6 Å². The lowest BCUT2D eigenvalue weighted by molar-refractivity contribution is -0.132. The summed E-state index contributed by atoms with van der Waals surface area (Å²) < 4.78 is 0. The molecule has 2 rings (SSSR count). The van der Waals surface area contributed by atoms with Crippen molar-refractivity contribution in [3.8, 4) is 0 Å². The van der Waals surface area contributed by atoms with E-state index in [-0.39, 0.29) is 11.7 Å². The minimum atomic E-state index is 0.0181. The Bertz CT molecular complexity index is 502. The summed E-state index contributed by atoms with van der Waals surface area (Å²) in [6, 6.07) is 0. The molecule has 5 heteroatoms. The summed E-state index contributed by atoms with van der Waals surface area (Å²) in [5.74, 6) is 0.619. The predicted molar refractivity (Wildman–Crippen MR) is 80.1 cm³/mol. The number of Topliss-reactive ketones (excluding diaryl/α,β-unsaturated/α-hetero) is 1. The number of nitrogens with zero attached hydrogens (tertiary/aromatic N) is 2. The molecule has 0 N–H and O–H groups in total. The van der Waals surface area contributed by atoms with Gasteiger partial charge < -0.3 is 4.90 Å². The van der Waals surface area contributed by atoms with E-state index < -0.39 is 0 Å². The topological polar surface area (TPSA) is 50.3 Å². The standard InChI is InChI=1S/C15H20N2O2S/c1-3-4-5-14(19)17-8-6-12(7-9-17)15-16-13(10-20-15)11(2)18/h3,10,12H,1,4-9H2,2H3. The van der Waals surface area contributed by atoms with Crippen LogP contribution in [0, 0.1) is 0 Å². The highest BCUT2D eigenvalue weighted by Gasteiger charge is 2.25. The zero-order valence-electron chi connectivity index (χ0n) is 11.8. The zero-order valence-corrected chi connectivity index (χ0v) is 12.6. The molecule has 1 amide bonds. The number of hydrogen-bond donors (Lipinski definition) is 0. The van der Waals surface area contributed by atoms with Crippen molar-refractivity contribution in [1.82, 2.24) is 9.88 Å². The SMILES string of the molecule is C=CCCC(=O)N1CCC(c2nc(C(C)=O)cs2)CC1. The van der Waals surface area contributed by atoms with Crippen LogP contribution < -0.4 is 0 Å². The van der Waals surface area contributed by atoms with Gasteiger partial charge in [-0.3, -0.25) is 9.59 Å². The highest BCUT2D eigenvalue weighted by Crippen LogP contribution is 2.30. The second-order valence-electron chi connectivity index (χ2n) is 5.11. The Balaban J connectivity index is 1.88. The summed E-state index contributed by atoms with van der Waals surface area (Å²) in [5.41, 5.74) is 0.564. The number of ketones is 1. The van der Waals surface area contributed by atoms with Gasteiger partial charge in [0.2, 0.25) is 5.91 Å². The summed E-state index contributed by atoms with van der Waals surface area (Å²) in [4.78, 5) is 29.5. The zero-order chi connectivity index (χ0) is 14.5. The van der Waals surface area contributed by atoms with Gasteiger partial charge >= 0.3 is 0 Å². The van der Waals surface area contributed by atoms with Crippen LogP contribution in [0.15, 0.2) is 18.0 Å². The molecule has 1 aromatic rings. The molecule has 108 valence electrons. The molecule has 1 aliphatic heterocycles. The molecular formula is C15H20N2O2S. The lowest BCUT2D eigenvalue weighted by atomic mass is 9.97. The predicted octanol–water partition coefficient (Wildman–Crippen LogP) is 3.02. The largest absolute Gasteiger partial charge is 0.343 e. The van der Waals surface area contributed by atoms with E-state index in [0.29, 0.717) is 18.0 Å². The van der Waals surface area contributed by atoms with Gasteiger partial charge in [-0.15, -0.1) is 17.9 Å². The van der Waals surface area contributed by atoms with Crippen LogP contribution in [0.25, 0.3) is 0 Å². The first-order valence-corrected chi connectivity index (χ1v) is 7.84. The van der Waals surface area contributed by atoms with Crippen molar-refractivity contribution >= 4 is 23.0 Å². The maximum Gasteiger partial charge on any atom is 0.222 e. The van der Waals surface area contributed by atoms with E-state index in [1.165, 1.54) is 0 Å². The Kier molecular flexibility index (Phi) is 5.06. The fourth-order valence-corrected chi connectivity index (χ4v) is 3.43. The highest BCUT2D eigenvalue weighted by molar-refractivity contribution is 7.09. The number of carbonyl (C=O) groups excluding carboxylic acids is 2. The molecule has 1 saturated heterocycles. The lowest BCUT2D eigenvalue weighted by Gasteiger charge is -2.31. The van der Waals surface area contributed by atoms with Crippen LogP contribution in [0.2, 0.25) is 0 Å².